The zero-order valence-corrected chi connectivity index (χ0v) is 13.2. The summed E-state index contributed by atoms with van der Waals surface area (Å²) >= 11 is 9.27. The first-order chi connectivity index (χ1) is 8.90. The lowest BCUT2D eigenvalue weighted by Crippen LogP contribution is -2.53. The third kappa shape index (κ3) is 3.50. The van der Waals surface area contributed by atoms with Gasteiger partial charge in [0.1, 0.15) is 0 Å². The minimum Gasteiger partial charge on any atom is -0.323 e. The minimum atomic E-state index is -0.753. The van der Waals surface area contributed by atoms with Crippen LogP contribution in [0.2, 0.25) is 5.02 Å². The molecule has 0 saturated heterocycles. The number of nitrogens with one attached hydrogen (secondary N) is 1. The molecule has 1 aromatic rings. The van der Waals surface area contributed by atoms with Crippen molar-refractivity contribution in [1.82, 2.24) is 0 Å². The second kappa shape index (κ2) is 5.81. The van der Waals surface area contributed by atoms with Gasteiger partial charge in [0.15, 0.2) is 0 Å². The molecular weight excluding hydrogens is 328 g/mol. The molecule has 1 aliphatic carbocycles. The van der Waals surface area contributed by atoms with Crippen LogP contribution in [0.5, 0.6) is 0 Å². The first kappa shape index (κ1) is 14.8. The van der Waals surface area contributed by atoms with Gasteiger partial charge in [0, 0.05) is 9.50 Å². The van der Waals surface area contributed by atoms with Crippen molar-refractivity contribution in [2.24, 2.45) is 11.7 Å². The van der Waals surface area contributed by atoms with Crippen LogP contribution < -0.4 is 11.1 Å². The maximum absolute atomic E-state index is 12.4. The summed E-state index contributed by atoms with van der Waals surface area (Å²) in [6.45, 7) is 2.15. The molecule has 5 heteroatoms. The maximum atomic E-state index is 12.4. The van der Waals surface area contributed by atoms with E-state index in [4.69, 9.17) is 17.3 Å². The molecule has 1 aliphatic rings. The predicted molar refractivity (Wildman–Crippen MR) is 82.3 cm³/mol. The maximum Gasteiger partial charge on any atom is 0.244 e. The number of carbonyl (C=O) groups excluding carboxylic acids is 1. The molecule has 1 saturated carbocycles. The summed E-state index contributed by atoms with van der Waals surface area (Å²) in [6, 6.07) is 5.28. The van der Waals surface area contributed by atoms with Gasteiger partial charge in [0.25, 0.3) is 0 Å². The lowest BCUT2D eigenvalue weighted by atomic mass is 9.76. The fraction of sp³-hybridized carbons (Fsp3) is 0.500. The van der Waals surface area contributed by atoms with Gasteiger partial charge in [-0.25, -0.2) is 0 Å². The third-order valence-corrected chi connectivity index (χ3v) is 4.56. The highest BCUT2D eigenvalue weighted by Crippen LogP contribution is 2.32. The third-order valence-electron chi connectivity index (χ3n) is 3.66. The van der Waals surface area contributed by atoms with Crippen molar-refractivity contribution < 1.29 is 4.79 Å². The average Bonchev–Trinajstić information content (AvgIpc) is 2.32. The fourth-order valence-electron chi connectivity index (χ4n) is 2.64. The van der Waals surface area contributed by atoms with Crippen molar-refractivity contribution >= 4 is 39.1 Å². The van der Waals surface area contributed by atoms with Gasteiger partial charge in [-0.3, -0.25) is 4.79 Å². The quantitative estimate of drug-likeness (QED) is 0.852. The van der Waals surface area contributed by atoms with E-state index in [1.54, 1.807) is 18.2 Å². The van der Waals surface area contributed by atoms with Crippen molar-refractivity contribution in [1.29, 1.82) is 0 Å². The molecule has 0 spiro atoms. The Labute approximate surface area is 127 Å². The average molecular weight is 346 g/mol. The Bertz CT molecular complexity index is 494. The summed E-state index contributed by atoms with van der Waals surface area (Å²) in [5, 5.41) is 3.52. The first-order valence-corrected chi connectivity index (χ1v) is 7.63. The van der Waals surface area contributed by atoms with Crippen LogP contribution in [-0.2, 0) is 4.79 Å². The molecule has 1 amide bonds. The van der Waals surface area contributed by atoms with Gasteiger partial charge in [-0.1, -0.05) is 31.4 Å². The number of nitrogens with two attached hydrogens (primary N) is 1. The van der Waals surface area contributed by atoms with Gasteiger partial charge >= 0.3 is 0 Å². The number of hydrogen-bond donors (Lipinski definition) is 2. The van der Waals surface area contributed by atoms with E-state index in [0.29, 0.717) is 16.6 Å². The number of benzene rings is 1. The summed E-state index contributed by atoms with van der Waals surface area (Å²) < 4.78 is 0.765. The van der Waals surface area contributed by atoms with E-state index in [9.17, 15) is 4.79 Å². The molecule has 1 fully saturated rings. The van der Waals surface area contributed by atoms with Crippen LogP contribution >= 0.6 is 27.5 Å². The zero-order chi connectivity index (χ0) is 14.0. The largest absolute Gasteiger partial charge is 0.323 e. The Morgan fingerprint density at radius 2 is 2.32 bits per heavy atom. The van der Waals surface area contributed by atoms with Crippen LogP contribution in [0.25, 0.3) is 0 Å². The highest BCUT2D eigenvalue weighted by molar-refractivity contribution is 9.10. The van der Waals surface area contributed by atoms with E-state index in [2.05, 4.69) is 28.2 Å². The number of carbonyl (C=O) groups is 1. The standard InChI is InChI=1S/C14H18BrClN2O/c1-9-3-2-6-14(17,8-9)13(19)18-12-5-4-10(16)7-11(12)15/h4-5,7,9H,2-3,6,8,17H2,1H3,(H,18,19). The van der Waals surface area contributed by atoms with E-state index in [1.807, 2.05) is 0 Å². The molecule has 104 valence electrons. The van der Waals surface area contributed by atoms with Gasteiger partial charge in [-0.15, -0.1) is 0 Å². The van der Waals surface area contributed by atoms with Gasteiger partial charge < -0.3 is 11.1 Å². The highest BCUT2D eigenvalue weighted by atomic mass is 79.9. The number of halogens is 2. The summed E-state index contributed by atoms with van der Waals surface area (Å²) in [7, 11) is 0. The van der Waals surface area contributed by atoms with E-state index >= 15 is 0 Å². The molecule has 3 N–H and O–H groups in total. The molecule has 2 unspecified atom stereocenters. The number of amides is 1. The summed E-state index contributed by atoms with van der Waals surface area (Å²) in [4.78, 5) is 12.4. The molecule has 2 rings (SSSR count). The van der Waals surface area contributed by atoms with Crippen molar-refractivity contribution in [3.8, 4) is 0 Å². The molecule has 1 aromatic carbocycles. The molecule has 2 atom stereocenters. The Morgan fingerprint density at radius 3 is 2.95 bits per heavy atom. The van der Waals surface area contributed by atoms with Crippen molar-refractivity contribution in [2.45, 2.75) is 38.1 Å². The van der Waals surface area contributed by atoms with Gasteiger partial charge in [0.2, 0.25) is 5.91 Å². The van der Waals surface area contributed by atoms with E-state index < -0.39 is 5.54 Å². The van der Waals surface area contributed by atoms with E-state index in [1.165, 1.54) is 0 Å². The topological polar surface area (TPSA) is 55.1 Å². The second-order valence-corrected chi connectivity index (χ2v) is 6.73. The SMILES string of the molecule is CC1CCCC(N)(C(=O)Nc2ccc(Cl)cc2Br)C1. The Hall–Kier alpha value is -0.580. The zero-order valence-electron chi connectivity index (χ0n) is 10.9. The van der Waals surface area contributed by atoms with Crippen molar-refractivity contribution in [2.75, 3.05) is 5.32 Å². The summed E-state index contributed by atoms with van der Waals surface area (Å²) in [5.74, 6) is 0.389. The van der Waals surface area contributed by atoms with Crippen LogP contribution in [-0.4, -0.2) is 11.4 Å². The number of anilines is 1. The van der Waals surface area contributed by atoms with Gasteiger partial charge in [-0.2, -0.15) is 0 Å². The van der Waals surface area contributed by atoms with E-state index in [-0.39, 0.29) is 5.91 Å². The predicted octanol–water partition coefficient (Wildman–Crippen LogP) is 3.95. The number of hydrogen-bond acceptors (Lipinski definition) is 2. The summed E-state index contributed by atoms with van der Waals surface area (Å²) in [5.41, 5.74) is 6.22. The second-order valence-electron chi connectivity index (χ2n) is 5.44. The highest BCUT2D eigenvalue weighted by Gasteiger charge is 2.38. The minimum absolute atomic E-state index is 0.109. The fourth-order valence-corrected chi connectivity index (χ4v) is 3.42. The molecule has 0 heterocycles. The number of rotatable bonds is 2. The van der Waals surface area contributed by atoms with Crippen LogP contribution in [0.4, 0.5) is 5.69 Å². The van der Waals surface area contributed by atoms with Crippen molar-refractivity contribution in [3.63, 3.8) is 0 Å². The van der Waals surface area contributed by atoms with Gasteiger partial charge in [-0.05, 0) is 52.9 Å². The van der Waals surface area contributed by atoms with Crippen LogP contribution in [0.3, 0.4) is 0 Å². The molecule has 0 radical (unpaired) electrons. The van der Waals surface area contributed by atoms with E-state index in [0.717, 1.165) is 30.2 Å². The first-order valence-electron chi connectivity index (χ1n) is 6.46. The molecule has 19 heavy (non-hydrogen) atoms. The normalized spacial score (nSPS) is 27.1. The monoisotopic (exact) mass is 344 g/mol. The van der Waals surface area contributed by atoms with Crippen LogP contribution in [0.15, 0.2) is 22.7 Å². The molecule has 3 nitrogen and oxygen atoms in total. The molecule has 0 bridgehead atoms. The lowest BCUT2D eigenvalue weighted by Gasteiger charge is -2.35. The van der Waals surface area contributed by atoms with Crippen LogP contribution in [0.1, 0.15) is 32.6 Å². The Morgan fingerprint density at radius 1 is 1.58 bits per heavy atom. The van der Waals surface area contributed by atoms with Gasteiger partial charge in [0.05, 0.1) is 11.2 Å². The smallest absolute Gasteiger partial charge is 0.244 e. The Balaban J connectivity index is 2.12. The summed E-state index contributed by atoms with van der Waals surface area (Å²) in [6.07, 6.45) is 3.64. The molecule has 0 aromatic heterocycles. The molecular formula is C14H18BrClN2O. The molecule has 0 aliphatic heterocycles. The van der Waals surface area contributed by atoms with Crippen LogP contribution in [0, 0.1) is 5.92 Å². The Kier molecular flexibility index (Phi) is 4.54. The van der Waals surface area contributed by atoms with Crippen molar-refractivity contribution in [3.05, 3.63) is 27.7 Å². The lowest BCUT2D eigenvalue weighted by molar-refractivity contribution is -0.122.